The Labute approximate surface area is 129 Å². The molecule has 0 bridgehead atoms. The van der Waals surface area contributed by atoms with Crippen LogP contribution in [-0.2, 0) is 0 Å². The van der Waals surface area contributed by atoms with Gasteiger partial charge in [-0.25, -0.2) is 4.98 Å². The monoisotopic (exact) mass is 308 g/mol. The normalized spacial score (nSPS) is 18.1. The molecule has 1 atom stereocenters. The molecule has 1 amide bonds. The third kappa shape index (κ3) is 3.06. The molecule has 1 aliphatic rings. The number of carbonyl (C=O) groups excluding carboxylic acids is 1. The minimum atomic E-state index is -0.0911. The molecule has 0 aliphatic carbocycles. The Balaban J connectivity index is 0.00000161. The van der Waals surface area contributed by atoms with E-state index in [2.05, 4.69) is 15.3 Å². The zero-order valence-electron chi connectivity index (χ0n) is 11.7. The van der Waals surface area contributed by atoms with Gasteiger partial charge in [-0.05, 0) is 18.6 Å². The topological polar surface area (TPSA) is 71.3 Å². The molecule has 0 aromatic carbocycles. The summed E-state index contributed by atoms with van der Waals surface area (Å²) in [6.07, 6.45) is 4.84. The number of oxazole rings is 1. The Morgan fingerprint density at radius 2 is 2.38 bits per heavy atom. The standard InChI is InChI=1S/C14H16N4O2.ClH/c1-10-13(17-9-20-10)14(19)18-6-5-16-8-12(18)11-3-2-4-15-7-11;/h2-4,7,9,12,16H,5-6,8H2,1H3;1H. The molecule has 6 nitrogen and oxygen atoms in total. The Morgan fingerprint density at radius 1 is 1.52 bits per heavy atom. The summed E-state index contributed by atoms with van der Waals surface area (Å²) in [5, 5.41) is 3.31. The summed E-state index contributed by atoms with van der Waals surface area (Å²) in [5.74, 6) is 0.463. The van der Waals surface area contributed by atoms with Crippen molar-refractivity contribution in [3.8, 4) is 0 Å². The van der Waals surface area contributed by atoms with Gasteiger partial charge in [-0.2, -0.15) is 0 Å². The maximum Gasteiger partial charge on any atom is 0.276 e. The molecule has 2 aromatic rings. The maximum absolute atomic E-state index is 12.6. The van der Waals surface area contributed by atoms with Crippen LogP contribution in [0.1, 0.15) is 27.9 Å². The molecular formula is C14H17ClN4O2. The van der Waals surface area contributed by atoms with E-state index < -0.39 is 0 Å². The molecule has 1 N–H and O–H groups in total. The van der Waals surface area contributed by atoms with Crippen molar-refractivity contribution in [2.45, 2.75) is 13.0 Å². The fourth-order valence-electron chi connectivity index (χ4n) is 2.46. The number of amides is 1. The zero-order valence-corrected chi connectivity index (χ0v) is 12.5. The van der Waals surface area contributed by atoms with Crippen LogP contribution in [-0.4, -0.2) is 40.4 Å². The van der Waals surface area contributed by atoms with Crippen molar-refractivity contribution in [1.82, 2.24) is 20.2 Å². The highest BCUT2D eigenvalue weighted by Crippen LogP contribution is 2.23. The van der Waals surface area contributed by atoms with Gasteiger partial charge in [-0.1, -0.05) is 6.07 Å². The number of halogens is 1. The lowest BCUT2D eigenvalue weighted by Crippen LogP contribution is -2.48. The van der Waals surface area contributed by atoms with E-state index in [9.17, 15) is 4.79 Å². The fraction of sp³-hybridized carbons (Fsp3) is 0.357. The molecule has 1 aliphatic heterocycles. The van der Waals surface area contributed by atoms with E-state index in [0.717, 1.165) is 12.1 Å². The Kier molecular flexibility index (Phi) is 4.93. The zero-order chi connectivity index (χ0) is 13.9. The molecule has 7 heteroatoms. The van der Waals surface area contributed by atoms with Gasteiger partial charge in [-0.3, -0.25) is 9.78 Å². The van der Waals surface area contributed by atoms with Crippen LogP contribution in [0.5, 0.6) is 0 Å². The number of hydrogen-bond acceptors (Lipinski definition) is 5. The second-order valence-corrected chi connectivity index (χ2v) is 4.76. The third-order valence-corrected chi connectivity index (χ3v) is 3.52. The van der Waals surface area contributed by atoms with E-state index in [1.54, 1.807) is 19.3 Å². The number of aryl methyl sites for hydroxylation is 1. The summed E-state index contributed by atoms with van der Waals surface area (Å²) in [6, 6.07) is 3.84. The summed E-state index contributed by atoms with van der Waals surface area (Å²) < 4.78 is 5.13. The van der Waals surface area contributed by atoms with E-state index in [1.165, 1.54) is 6.39 Å². The van der Waals surface area contributed by atoms with E-state index in [-0.39, 0.29) is 24.4 Å². The summed E-state index contributed by atoms with van der Waals surface area (Å²) in [7, 11) is 0. The highest BCUT2D eigenvalue weighted by atomic mass is 35.5. The number of aromatic nitrogens is 2. The number of nitrogens with zero attached hydrogens (tertiary/aromatic N) is 3. The summed E-state index contributed by atoms with van der Waals surface area (Å²) in [4.78, 5) is 22.6. The van der Waals surface area contributed by atoms with Crippen molar-refractivity contribution in [2.75, 3.05) is 19.6 Å². The molecule has 1 fully saturated rings. The summed E-state index contributed by atoms with van der Waals surface area (Å²) in [5.41, 5.74) is 1.41. The van der Waals surface area contributed by atoms with Crippen LogP contribution in [0.25, 0.3) is 0 Å². The number of piperazine rings is 1. The van der Waals surface area contributed by atoms with E-state index in [1.807, 2.05) is 17.0 Å². The first kappa shape index (κ1) is 15.5. The second-order valence-electron chi connectivity index (χ2n) is 4.76. The van der Waals surface area contributed by atoms with Crippen LogP contribution >= 0.6 is 12.4 Å². The van der Waals surface area contributed by atoms with E-state index in [0.29, 0.717) is 24.5 Å². The van der Waals surface area contributed by atoms with Crippen LogP contribution in [0.3, 0.4) is 0 Å². The molecule has 112 valence electrons. The molecular weight excluding hydrogens is 292 g/mol. The fourth-order valence-corrected chi connectivity index (χ4v) is 2.46. The number of carbonyl (C=O) groups is 1. The minimum absolute atomic E-state index is 0. The predicted molar refractivity (Wildman–Crippen MR) is 79.4 cm³/mol. The van der Waals surface area contributed by atoms with Gasteiger partial charge >= 0.3 is 0 Å². The molecule has 3 rings (SSSR count). The smallest absolute Gasteiger partial charge is 0.276 e. The largest absolute Gasteiger partial charge is 0.448 e. The molecule has 0 radical (unpaired) electrons. The van der Waals surface area contributed by atoms with Gasteiger partial charge in [0.05, 0.1) is 6.04 Å². The Bertz CT molecular complexity index is 602. The first-order valence-electron chi connectivity index (χ1n) is 6.59. The Hall–Kier alpha value is -1.92. The molecule has 1 saturated heterocycles. The molecule has 3 heterocycles. The van der Waals surface area contributed by atoms with Crippen LogP contribution in [0.15, 0.2) is 35.3 Å². The molecule has 2 aromatic heterocycles. The van der Waals surface area contributed by atoms with Crippen molar-refractivity contribution in [2.24, 2.45) is 0 Å². The summed E-state index contributed by atoms with van der Waals surface area (Å²) >= 11 is 0. The maximum atomic E-state index is 12.6. The Morgan fingerprint density at radius 3 is 3.05 bits per heavy atom. The lowest BCUT2D eigenvalue weighted by Gasteiger charge is -2.36. The van der Waals surface area contributed by atoms with Crippen LogP contribution in [0.4, 0.5) is 0 Å². The molecule has 21 heavy (non-hydrogen) atoms. The van der Waals surface area contributed by atoms with Gasteiger partial charge in [-0.15, -0.1) is 12.4 Å². The van der Waals surface area contributed by atoms with E-state index >= 15 is 0 Å². The van der Waals surface area contributed by atoms with Crippen LogP contribution in [0.2, 0.25) is 0 Å². The number of hydrogen-bond donors (Lipinski definition) is 1. The van der Waals surface area contributed by atoms with Gasteiger partial charge in [0.1, 0.15) is 5.76 Å². The quantitative estimate of drug-likeness (QED) is 0.912. The molecule has 1 unspecified atom stereocenters. The number of nitrogens with one attached hydrogen (secondary N) is 1. The van der Waals surface area contributed by atoms with Crippen molar-refractivity contribution < 1.29 is 9.21 Å². The highest BCUT2D eigenvalue weighted by Gasteiger charge is 2.30. The van der Waals surface area contributed by atoms with Crippen molar-refractivity contribution >= 4 is 18.3 Å². The molecule has 0 spiro atoms. The van der Waals surface area contributed by atoms with Crippen molar-refractivity contribution in [1.29, 1.82) is 0 Å². The lowest BCUT2D eigenvalue weighted by atomic mass is 10.0. The van der Waals surface area contributed by atoms with Crippen LogP contribution in [0, 0.1) is 6.92 Å². The van der Waals surface area contributed by atoms with Crippen molar-refractivity contribution in [3.63, 3.8) is 0 Å². The van der Waals surface area contributed by atoms with Gasteiger partial charge in [0, 0.05) is 32.0 Å². The van der Waals surface area contributed by atoms with Gasteiger partial charge in [0.15, 0.2) is 12.1 Å². The number of rotatable bonds is 2. The SMILES string of the molecule is Cc1ocnc1C(=O)N1CCNCC1c1cccnc1.Cl. The predicted octanol–water partition coefficient (Wildman–Crippen LogP) is 1.59. The highest BCUT2D eigenvalue weighted by molar-refractivity contribution is 5.93. The van der Waals surface area contributed by atoms with E-state index in [4.69, 9.17) is 4.42 Å². The van der Waals surface area contributed by atoms with Gasteiger partial charge in [0.25, 0.3) is 5.91 Å². The van der Waals surface area contributed by atoms with Gasteiger partial charge < -0.3 is 14.6 Å². The lowest BCUT2D eigenvalue weighted by molar-refractivity contribution is 0.0627. The van der Waals surface area contributed by atoms with Gasteiger partial charge in [0.2, 0.25) is 0 Å². The third-order valence-electron chi connectivity index (χ3n) is 3.52. The summed E-state index contributed by atoms with van der Waals surface area (Å²) in [6.45, 7) is 3.89. The average Bonchev–Trinajstić information content (AvgIpc) is 2.93. The second kappa shape index (κ2) is 6.69. The number of pyridine rings is 1. The van der Waals surface area contributed by atoms with Crippen molar-refractivity contribution in [3.05, 3.63) is 47.9 Å². The minimum Gasteiger partial charge on any atom is -0.448 e. The first-order valence-corrected chi connectivity index (χ1v) is 6.59. The average molecular weight is 309 g/mol. The molecule has 0 saturated carbocycles. The first-order chi connectivity index (χ1) is 9.77. The van der Waals surface area contributed by atoms with Crippen LogP contribution < -0.4 is 5.32 Å².